The van der Waals surface area contributed by atoms with Gasteiger partial charge in [0, 0.05) is 31.4 Å². The average Bonchev–Trinajstić information content (AvgIpc) is 2.65. The number of hydrogen-bond donors (Lipinski definition) is 3. The Bertz CT molecular complexity index is 629. The Hall–Kier alpha value is -2.52. The predicted octanol–water partition coefficient (Wildman–Crippen LogP) is 1.26. The molecule has 134 valence electrons. The van der Waals surface area contributed by atoms with E-state index in [0.717, 1.165) is 18.7 Å². The quantitative estimate of drug-likeness (QED) is 0.414. The van der Waals surface area contributed by atoms with E-state index in [-0.39, 0.29) is 12.5 Å². The number of carbonyl (C=O) groups excluding carboxylic acids is 1. The number of guanidine groups is 1. The van der Waals surface area contributed by atoms with Crippen molar-refractivity contribution in [3.05, 3.63) is 29.8 Å². The van der Waals surface area contributed by atoms with Crippen LogP contribution in [0.5, 0.6) is 0 Å². The molecule has 25 heavy (non-hydrogen) atoms. The molecule has 0 saturated carbocycles. The van der Waals surface area contributed by atoms with Gasteiger partial charge >= 0.3 is 0 Å². The SMILES string of the molecule is C#Cc1cccc(NC(=O)CNC(=NC)NCCN2CCCCC2)c1. The maximum atomic E-state index is 12.0. The number of hydrogen-bond acceptors (Lipinski definition) is 3. The van der Waals surface area contributed by atoms with Crippen molar-refractivity contribution in [2.45, 2.75) is 19.3 Å². The molecule has 0 unspecified atom stereocenters. The first-order valence-electron chi connectivity index (χ1n) is 8.74. The zero-order valence-corrected chi connectivity index (χ0v) is 14.8. The van der Waals surface area contributed by atoms with Crippen LogP contribution in [0.2, 0.25) is 0 Å². The highest BCUT2D eigenvalue weighted by Crippen LogP contribution is 2.09. The lowest BCUT2D eigenvalue weighted by atomic mass is 10.1. The first kappa shape index (κ1) is 18.8. The molecule has 2 rings (SSSR count). The van der Waals surface area contributed by atoms with Crippen LogP contribution in [0.4, 0.5) is 5.69 Å². The number of nitrogens with zero attached hydrogens (tertiary/aromatic N) is 2. The van der Waals surface area contributed by atoms with Gasteiger partial charge in [-0.3, -0.25) is 9.79 Å². The summed E-state index contributed by atoms with van der Waals surface area (Å²) in [6, 6.07) is 7.22. The molecule has 1 saturated heterocycles. The Morgan fingerprint density at radius 2 is 2.08 bits per heavy atom. The van der Waals surface area contributed by atoms with Crippen LogP contribution in [0.3, 0.4) is 0 Å². The molecule has 1 amide bonds. The van der Waals surface area contributed by atoms with E-state index in [1.807, 2.05) is 18.2 Å². The van der Waals surface area contributed by atoms with Gasteiger partial charge in [0.15, 0.2) is 5.96 Å². The van der Waals surface area contributed by atoms with Crippen molar-refractivity contribution in [2.24, 2.45) is 4.99 Å². The van der Waals surface area contributed by atoms with Crippen LogP contribution in [0.25, 0.3) is 0 Å². The van der Waals surface area contributed by atoms with E-state index in [2.05, 4.69) is 31.8 Å². The molecule has 0 spiro atoms. The Balaban J connectivity index is 1.68. The zero-order chi connectivity index (χ0) is 17.9. The molecule has 0 aromatic heterocycles. The van der Waals surface area contributed by atoms with Crippen molar-refractivity contribution >= 4 is 17.6 Å². The van der Waals surface area contributed by atoms with E-state index in [0.29, 0.717) is 11.6 Å². The lowest BCUT2D eigenvalue weighted by Crippen LogP contribution is -2.44. The normalized spacial score (nSPS) is 15.3. The van der Waals surface area contributed by atoms with Crippen LogP contribution < -0.4 is 16.0 Å². The summed E-state index contributed by atoms with van der Waals surface area (Å²) in [6.07, 6.45) is 9.28. The van der Waals surface area contributed by atoms with Gasteiger partial charge in [-0.2, -0.15) is 0 Å². The molecule has 1 aromatic rings. The lowest BCUT2D eigenvalue weighted by molar-refractivity contribution is -0.115. The fraction of sp³-hybridized carbons (Fsp3) is 0.474. The molecule has 3 N–H and O–H groups in total. The maximum absolute atomic E-state index is 12.0. The highest BCUT2D eigenvalue weighted by molar-refractivity contribution is 5.95. The molecule has 0 aliphatic carbocycles. The van der Waals surface area contributed by atoms with Crippen LogP contribution in [0, 0.1) is 12.3 Å². The van der Waals surface area contributed by atoms with Gasteiger partial charge in [0.1, 0.15) is 0 Å². The molecular weight excluding hydrogens is 314 g/mol. The van der Waals surface area contributed by atoms with Crippen molar-refractivity contribution in [3.8, 4) is 12.3 Å². The smallest absolute Gasteiger partial charge is 0.243 e. The Kier molecular flexibility index (Phi) is 7.80. The molecule has 1 fully saturated rings. The van der Waals surface area contributed by atoms with Crippen LogP contribution >= 0.6 is 0 Å². The second-order valence-electron chi connectivity index (χ2n) is 6.03. The van der Waals surface area contributed by atoms with Crippen molar-refractivity contribution < 1.29 is 4.79 Å². The number of benzene rings is 1. The third-order valence-corrected chi connectivity index (χ3v) is 4.12. The molecule has 0 radical (unpaired) electrons. The van der Waals surface area contributed by atoms with Crippen LogP contribution in [-0.4, -0.2) is 56.5 Å². The fourth-order valence-corrected chi connectivity index (χ4v) is 2.79. The van der Waals surface area contributed by atoms with Gasteiger partial charge in [0.2, 0.25) is 5.91 Å². The molecule has 1 heterocycles. The summed E-state index contributed by atoms with van der Waals surface area (Å²) in [6.45, 7) is 4.29. The Morgan fingerprint density at radius 3 is 2.80 bits per heavy atom. The van der Waals surface area contributed by atoms with Crippen LogP contribution in [0.15, 0.2) is 29.3 Å². The number of rotatable bonds is 6. The van der Waals surface area contributed by atoms with Gasteiger partial charge in [-0.1, -0.05) is 18.4 Å². The predicted molar refractivity (Wildman–Crippen MR) is 103 cm³/mol. The highest BCUT2D eigenvalue weighted by Gasteiger charge is 2.10. The van der Waals surface area contributed by atoms with Gasteiger partial charge in [0.25, 0.3) is 0 Å². The first-order valence-corrected chi connectivity index (χ1v) is 8.74. The summed E-state index contributed by atoms with van der Waals surface area (Å²) in [5.41, 5.74) is 1.43. The lowest BCUT2D eigenvalue weighted by Gasteiger charge is -2.26. The van der Waals surface area contributed by atoms with E-state index in [1.165, 1.54) is 32.4 Å². The van der Waals surface area contributed by atoms with Gasteiger partial charge in [0.05, 0.1) is 6.54 Å². The maximum Gasteiger partial charge on any atom is 0.243 e. The summed E-state index contributed by atoms with van der Waals surface area (Å²) >= 11 is 0. The first-order chi connectivity index (χ1) is 12.2. The van der Waals surface area contributed by atoms with Crippen molar-refractivity contribution in [1.29, 1.82) is 0 Å². The number of likely N-dealkylation sites (tertiary alicyclic amines) is 1. The van der Waals surface area contributed by atoms with E-state index < -0.39 is 0 Å². The largest absolute Gasteiger partial charge is 0.355 e. The molecule has 1 aromatic carbocycles. The third-order valence-electron chi connectivity index (χ3n) is 4.12. The van der Waals surface area contributed by atoms with Gasteiger partial charge in [-0.25, -0.2) is 0 Å². The van der Waals surface area contributed by atoms with Gasteiger partial charge in [-0.15, -0.1) is 6.42 Å². The van der Waals surface area contributed by atoms with E-state index >= 15 is 0 Å². The van der Waals surface area contributed by atoms with Crippen molar-refractivity contribution in [2.75, 3.05) is 45.1 Å². The minimum absolute atomic E-state index is 0.143. The summed E-state index contributed by atoms with van der Waals surface area (Å²) in [4.78, 5) is 18.6. The highest BCUT2D eigenvalue weighted by atomic mass is 16.1. The second-order valence-corrected chi connectivity index (χ2v) is 6.03. The molecule has 1 aliphatic rings. The number of aliphatic imine (C=N–C) groups is 1. The summed E-state index contributed by atoms with van der Waals surface area (Å²) < 4.78 is 0. The number of terminal acetylenes is 1. The molecule has 6 heteroatoms. The van der Waals surface area contributed by atoms with E-state index in [4.69, 9.17) is 6.42 Å². The van der Waals surface area contributed by atoms with Crippen molar-refractivity contribution in [3.63, 3.8) is 0 Å². The Labute approximate surface area is 150 Å². The third kappa shape index (κ3) is 6.86. The monoisotopic (exact) mass is 341 g/mol. The van der Waals surface area contributed by atoms with Crippen molar-refractivity contribution in [1.82, 2.24) is 15.5 Å². The minimum Gasteiger partial charge on any atom is -0.355 e. The number of amides is 1. The minimum atomic E-state index is -0.145. The average molecular weight is 341 g/mol. The van der Waals surface area contributed by atoms with Crippen LogP contribution in [0.1, 0.15) is 24.8 Å². The summed E-state index contributed by atoms with van der Waals surface area (Å²) in [5.74, 6) is 3.03. The molecular formula is C19H27N5O. The second kappa shape index (κ2) is 10.4. The fourth-order valence-electron chi connectivity index (χ4n) is 2.79. The number of nitrogens with one attached hydrogen (secondary N) is 3. The van der Waals surface area contributed by atoms with Crippen LogP contribution in [-0.2, 0) is 4.79 Å². The number of carbonyl (C=O) groups is 1. The van der Waals surface area contributed by atoms with E-state index in [1.54, 1.807) is 13.1 Å². The molecule has 0 atom stereocenters. The number of piperidine rings is 1. The Morgan fingerprint density at radius 1 is 1.28 bits per heavy atom. The van der Waals surface area contributed by atoms with Gasteiger partial charge in [-0.05, 0) is 44.1 Å². The summed E-state index contributed by atoms with van der Waals surface area (Å²) in [5, 5.41) is 9.08. The molecule has 1 aliphatic heterocycles. The van der Waals surface area contributed by atoms with Gasteiger partial charge < -0.3 is 20.9 Å². The standard InChI is InChI=1S/C19H27N5O/c1-3-16-8-7-9-17(14-16)23-18(25)15-22-19(20-2)21-10-13-24-11-5-4-6-12-24/h1,7-9,14H,4-6,10-13,15H2,2H3,(H,23,25)(H2,20,21,22). The summed E-state index contributed by atoms with van der Waals surface area (Å²) in [7, 11) is 1.70. The van der Waals surface area contributed by atoms with E-state index in [9.17, 15) is 4.79 Å². The number of anilines is 1. The zero-order valence-electron chi connectivity index (χ0n) is 14.8. The molecule has 0 bridgehead atoms. The topological polar surface area (TPSA) is 68.8 Å². The molecule has 6 nitrogen and oxygen atoms in total.